The summed E-state index contributed by atoms with van der Waals surface area (Å²) < 4.78 is 27.3. The van der Waals surface area contributed by atoms with E-state index in [4.69, 9.17) is 0 Å². The predicted molar refractivity (Wildman–Crippen MR) is 148 cm³/mol. The lowest BCUT2D eigenvalue weighted by Crippen LogP contribution is -2.53. The van der Waals surface area contributed by atoms with Crippen molar-refractivity contribution in [2.75, 3.05) is 41.4 Å². The van der Waals surface area contributed by atoms with Crippen LogP contribution in [0.25, 0.3) is 16.9 Å². The first-order valence-electron chi connectivity index (χ1n) is 12.0. The zero-order valence-electron chi connectivity index (χ0n) is 21.1. The Morgan fingerprint density at radius 1 is 1.08 bits per heavy atom. The highest BCUT2D eigenvalue weighted by Crippen LogP contribution is 2.25. The van der Waals surface area contributed by atoms with Crippen molar-refractivity contribution in [2.45, 2.75) is 13.0 Å². The molecule has 0 spiro atoms. The fourth-order valence-electron chi connectivity index (χ4n) is 4.54. The lowest BCUT2D eigenvalue weighted by molar-refractivity contribution is -0.111. The van der Waals surface area contributed by atoms with Crippen molar-refractivity contribution >= 4 is 50.1 Å². The third kappa shape index (κ3) is 5.36. The second-order valence-electron chi connectivity index (χ2n) is 9.10. The van der Waals surface area contributed by atoms with Gasteiger partial charge in [-0.25, -0.2) is 18.4 Å². The van der Waals surface area contributed by atoms with E-state index in [-0.39, 0.29) is 11.9 Å². The molecule has 38 heavy (non-hydrogen) atoms. The Balaban J connectivity index is 1.32. The van der Waals surface area contributed by atoms with Crippen molar-refractivity contribution in [1.29, 1.82) is 0 Å². The van der Waals surface area contributed by atoms with Crippen LogP contribution in [0.3, 0.4) is 0 Å². The number of fused-ring (bicyclic) bond motifs is 1. The molecule has 3 heterocycles. The van der Waals surface area contributed by atoms with Gasteiger partial charge in [0.2, 0.25) is 21.9 Å². The second kappa shape index (κ2) is 10.2. The molecule has 1 unspecified atom stereocenters. The zero-order valence-corrected chi connectivity index (χ0v) is 21.9. The molecule has 4 aromatic rings. The largest absolute Gasteiger partial charge is 0.369 e. The second-order valence-corrected chi connectivity index (χ2v) is 11.0. The molecule has 1 aliphatic rings. The van der Waals surface area contributed by atoms with E-state index in [0.29, 0.717) is 42.4 Å². The highest BCUT2D eigenvalue weighted by Gasteiger charge is 2.29. The van der Waals surface area contributed by atoms with Gasteiger partial charge >= 0.3 is 0 Å². The summed E-state index contributed by atoms with van der Waals surface area (Å²) in [6.45, 7) is 7.13. The number of nitrogens with one attached hydrogen (secondary N) is 2. The third-order valence-electron chi connectivity index (χ3n) is 6.35. The molecule has 12 heteroatoms. The molecule has 5 rings (SSSR count). The summed E-state index contributed by atoms with van der Waals surface area (Å²) in [6.07, 6.45) is 5.79. The van der Waals surface area contributed by atoms with E-state index < -0.39 is 10.0 Å². The number of carbonyl (C=O) groups excluding carboxylic acids is 1. The average molecular weight is 533 g/mol. The van der Waals surface area contributed by atoms with Crippen molar-refractivity contribution in [3.8, 4) is 5.69 Å². The molecule has 1 aliphatic heterocycles. The smallest absolute Gasteiger partial charge is 0.247 e. The van der Waals surface area contributed by atoms with Gasteiger partial charge in [-0.05, 0) is 55.5 Å². The van der Waals surface area contributed by atoms with Gasteiger partial charge in [0.1, 0.15) is 11.8 Å². The van der Waals surface area contributed by atoms with Crippen LogP contribution in [0.1, 0.15) is 6.92 Å². The summed E-state index contributed by atoms with van der Waals surface area (Å²) in [5.41, 5.74) is 4.50. The molecule has 1 saturated heterocycles. The molecule has 0 bridgehead atoms. The molecule has 2 aromatic heterocycles. The van der Waals surface area contributed by atoms with E-state index in [1.165, 1.54) is 12.3 Å². The highest BCUT2D eigenvalue weighted by molar-refractivity contribution is 7.88. The zero-order chi connectivity index (χ0) is 26.9. The SMILES string of the molecule is C=CC(=O)Nc1cccc(-n2cnc3cnc(Nc4ccc(N5CCN(S(C)(=O)=O)C(C)C5)cc4)nc32)c1. The number of piperazine rings is 1. The van der Waals surface area contributed by atoms with Gasteiger partial charge in [-0.2, -0.15) is 9.29 Å². The summed E-state index contributed by atoms with van der Waals surface area (Å²) in [5.74, 6) is 0.127. The van der Waals surface area contributed by atoms with Crippen LogP contribution in [0.5, 0.6) is 0 Å². The van der Waals surface area contributed by atoms with E-state index in [1.54, 1.807) is 22.9 Å². The van der Waals surface area contributed by atoms with E-state index in [2.05, 4.69) is 37.1 Å². The molecule has 0 radical (unpaired) electrons. The number of benzene rings is 2. The fourth-order valence-corrected chi connectivity index (χ4v) is 5.67. The molecule has 2 N–H and O–H groups in total. The summed E-state index contributed by atoms with van der Waals surface area (Å²) in [6, 6.07) is 15.1. The normalized spacial score (nSPS) is 16.4. The van der Waals surface area contributed by atoms with Crippen molar-refractivity contribution in [1.82, 2.24) is 23.8 Å². The molecule has 0 aliphatic carbocycles. The minimum absolute atomic E-state index is 0.0968. The molecule has 1 amide bonds. The molecule has 11 nitrogen and oxygen atoms in total. The average Bonchev–Trinajstić information content (AvgIpc) is 3.32. The first-order valence-corrected chi connectivity index (χ1v) is 13.9. The number of anilines is 4. The summed E-state index contributed by atoms with van der Waals surface area (Å²) in [4.78, 5) is 27.3. The van der Waals surface area contributed by atoms with Gasteiger partial charge in [0.05, 0.1) is 18.1 Å². The van der Waals surface area contributed by atoms with Crippen molar-refractivity contribution in [3.63, 3.8) is 0 Å². The Labute approximate surface area is 220 Å². The minimum Gasteiger partial charge on any atom is -0.369 e. The first kappa shape index (κ1) is 25.4. The molecule has 0 saturated carbocycles. The quantitative estimate of drug-likeness (QED) is 0.348. The van der Waals surface area contributed by atoms with Crippen LogP contribution in [-0.4, -0.2) is 70.1 Å². The molecule has 2 aromatic carbocycles. The first-order chi connectivity index (χ1) is 18.2. The van der Waals surface area contributed by atoms with Crippen LogP contribution in [0, 0.1) is 0 Å². The van der Waals surface area contributed by atoms with E-state index in [1.807, 2.05) is 54.0 Å². The molecule has 1 atom stereocenters. The standard InChI is InChI=1S/C26H28N8O3S/c1-4-24(35)29-20-6-5-7-22(14-20)33-17-28-23-15-27-26(31-25(23)33)30-19-8-10-21(11-9-19)32-12-13-34(18(2)16-32)38(3,36)37/h4-11,14-15,17-18H,1,12-13,16H2,2-3H3,(H,29,35)(H,27,30,31). The maximum atomic E-state index is 12.0. The van der Waals surface area contributed by atoms with Gasteiger partial charge < -0.3 is 15.5 Å². The van der Waals surface area contributed by atoms with Crippen LogP contribution in [-0.2, 0) is 14.8 Å². The molecular formula is C26H28N8O3S. The molecule has 196 valence electrons. The van der Waals surface area contributed by atoms with E-state index in [0.717, 1.165) is 17.1 Å². The maximum absolute atomic E-state index is 12.0. The third-order valence-corrected chi connectivity index (χ3v) is 7.74. The minimum atomic E-state index is -3.21. The van der Waals surface area contributed by atoms with Gasteiger partial charge in [0.15, 0.2) is 5.65 Å². The molecular weight excluding hydrogens is 504 g/mol. The van der Waals surface area contributed by atoms with E-state index >= 15 is 0 Å². The lowest BCUT2D eigenvalue weighted by Gasteiger charge is -2.39. The Morgan fingerprint density at radius 3 is 2.58 bits per heavy atom. The van der Waals surface area contributed by atoms with Crippen LogP contribution < -0.4 is 15.5 Å². The topological polar surface area (TPSA) is 125 Å². The van der Waals surface area contributed by atoms with Crippen LogP contribution >= 0.6 is 0 Å². The van der Waals surface area contributed by atoms with Gasteiger partial charge in [0.25, 0.3) is 0 Å². The fraction of sp³-hybridized carbons (Fsp3) is 0.231. The highest BCUT2D eigenvalue weighted by atomic mass is 32.2. The number of carbonyl (C=O) groups is 1. The van der Waals surface area contributed by atoms with Crippen LogP contribution in [0.2, 0.25) is 0 Å². The monoisotopic (exact) mass is 532 g/mol. The Bertz CT molecular complexity index is 1600. The number of rotatable bonds is 7. The Kier molecular flexibility index (Phi) is 6.83. The number of imidazole rings is 1. The van der Waals surface area contributed by atoms with Crippen LogP contribution in [0.4, 0.5) is 23.0 Å². The molecule has 1 fully saturated rings. The summed E-state index contributed by atoms with van der Waals surface area (Å²) in [5, 5.41) is 5.99. The number of hydrogen-bond acceptors (Lipinski definition) is 8. The summed E-state index contributed by atoms with van der Waals surface area (Å²) >= 11 is 0. The van der Waals surface area contributed by atoms with Crippen molar-refractivity contribution in [3.05, 3.63) is 73.7 Å². The number of hydrogen-bond donors (Lipinski definition) is 2. The number of amides is 1. The Morgan fingerprint density at radius 2 is 1.87 bits per heavy atom. The van der Waals surface area contributed by atoms with Crippen molar-refractivity contribution < 1.29 is 13.2 Å². The number of aromatic nitrogens is 4. The predicted octanol–water partition coefficient (Wildman–Crippen LogP) is 3.15. The van der Waals surface area contributed by atoms with E-state index in [9.17, 15) is 13.2 Å². The number of sulfonamides is 1. The lowest BCUT2D eigenvalue weighted by atomic mass is 10.2. The van der Waals surface area contributed by atoms with Crippen molar-refractivity contribution in [2.24, 2.45) is 0 Å². The summed E-state index contributed by atoms with van der Waals surface area (Å²) in [7, 11) is -3.21. The van der Waals surface area contributed by atoms with Gasteiger partial charge in [-0.1, -0.05) is 12.6 Å². The van der Waals surface area contributed by atoms with Crippen LogP contribution in [0.15, 0.2) is 73.7 Å². The van der Waals surface area contributed by atoms with Gasteiger partial charge in [0, 0.05) is 42.7 Å². The Hall–Kier alpha value is -4.29. The van der Waals surface area contributed by atoms with Gasteiger partial charge in [-0.3, -0.25) is 9.36 Å². The maximum Gasteiger partial charge on any atom is 0.247 e. The van der Waals surface area contributed by atoms with Gasteiger partial charge in [-0.15, -0.1) is 0 Å². The number of nitrogens with zero attached hydrogens (tertiary/aromatic N) is 6.